The van der Waals surface area contributed by atoms with Crippen LogP contribution in [0.5, 0.6) is 11.5 Å². The van der Waals surface area contributed by atoms with E-state index in [0.29, 0.717) is 18.8 Å². The molecule has 4 nitrogen and oxygen atoms in total. The van der Waals surface area contributed by atoms with Crippen molar-refractivity contribution in [3.05, 3.63) is 23.8 Å². The molecule has 0 aliphatic carbocycles. The van der Waals surface area contributed by atoms with Crippen LogP contribution in [0.2, 0.25) is 0 Å². The molecule has 0 unspecified atom stereocenters. The predicted molar refractivity (Wildman–Crippen MR) is 80.3 cm³/mol. The van der Waals surface area contributed by atoms with Gasteiger partial charge >= 0.3 is 0 Å². The third-order valence-corrected chi connectivity index (χ3v) is 3.16. The van der Waals surface area contributed by atoms with E-state index in [1.807, 2.05) is 25.2 Å². The van der Waals surface area contributed by atoms with Gasteiger partial charge in [-0.2, -0.15) is 0 Å². The van der Waals surface area contributed by atoms with Crippen LogP contribution in [-0.2, 0) is 11.2 Å². The molecule has 1 aromatic rings. The Balaban J connectivity index is 2.66. The van der Waals surface area contributed by atoms with E-state index < -0.39 is 0 Å². The van der Waals surface area contributed by atoms with Crippen molar-refractivity contribution in [1.29, 1.82) is 0 Å². The van der Waals surface area contributed by atoms with E-state index >= 15 is 0 Å². The molecule has 0 saturated carbocycles. The number of ether oxygens (including phenoxy) is 2. The fourth-order valence-electron chi connectivity index (χ4n) is 2.16. The van der Waals surface area contributed by atoms with Gasteiger partial charge in [0.15, 0.2) is 0 Å². The number of hydrogen-bond donors (Lipinski definition) is 0. The van der Waals surface area contributed by atoms with E-state index in [9.17, 15) is 4.79 Å². The summed E-state index contributed by atoms with van der Waals surface area (Å²) in [7, 11) is 5.12. The van der Waals surface area contributed by atoms with Crippen LogP contribution in [0.1, 0.15) is 25.8 Å². The van der Waals surface area contributed by atoms with Crippen molar-refractivity contribution >= 4 is 5.91 Å². The maximum atomic E-state index is 12.1. The summed E-state index contributed by atoms with van der Waals surface area (Å²) < 4.78 is 10.5. The van der Waals surface area contributed by atoms with Crippen LogP contribution >= 0.6 is 0 Å². The van der Waals surface area contributed by atoms with Gasteiger partial charge in [0.25, 0.3) is 0 Å². The van der Waals surface area contributed by atoms with E-state index in [1.54, 1.807) is 19.1 Å². The number of carbonyl (C=O) groups excluding carboxylic acids is 1. The topological polar surface area (TPSA) is 38.8 Å². The quantitative estimate of drug-likeness (QED) is 0.770. The molecule has 1 rings (SSSR count). The van der Waals surface area contributed by atoms with Crippen LogP contribution in [0.15, 0.2) is 18.2 Å². The van der Waals surface area contributed by atoms with E-state index in [-0.39, 0.29) is 5.91 Å². The van der Waals surface area contributed by atoms with Crippen LogP contribution in [-0.4, -0.2) is 38.6 Å². The fraction of sp³-hybridized carbons (Fsp3) is 0.562. The first-order valence-corrected chi connectivity index (χ1v) is 6.92. The summed E-state index contributed by atoms with van der Waals surface area (Å²) in [5.74, 6) is 2.22. The van der Waals surface area contributed by atoms with Gasteiger partial charge in [-0.05, 0) is 36.1 Å². The molecular weight excluding hydrogens is 254 g/mol. The van der Waals surface area contributed by atoms with E-state index in [4.69, 9.17) is 9.47 Å². The number of nitrogens with zero attached hydrogens (tertiary/aromatic N) is 1. The molecule has 1 aromatic carbocycles. The molecule has 0 N–H and O–H groups in total. The minimum Gasteiger partial charge on any atom is -0.497 e. The number of hydrogen-bond acceptors (Lipinski definition) is 3. The van der Waals surface area contributed by atoms with E-state index in [0.717, 1.165) is 23.6 Å². The molecule has 20 heavy (non-hydrogen) atoms. The number of amides is 1. The summed E-state index contributed by atoms with van der Waals surface area (Å²) in [5, 5.41) is 0. The Labute approximate surface area is 121 Å². The van der Waals surface area contributed by atoms with Crippen LogP contribution < -0.4 is 9.47 Å². The average Bonchev–Trinajstić information content (AvgIpc) is 2.43. The highest BCUT2D eigenvalue weighted by Gasteiger charge is 2.12. The second kappa shape index (κ2) is 7.78. The summed E-state index contributed by atoms with van der Waals surface area (Å²) >= 11 is 0. The molecular formula is C16H25NO3. The second-order valence-electron chi connectivity index (χ2n) is 5.35. The van der Waals surface area contributed by atoms with E-state index in [1.165, 1.54) is 0 Å². The Morgan fingerprint density at radius 2 is 1.95 bits per heavy atom. The fourth-order valence-corrected chi connectivity index (χ4v) is 2.16. The van der Waals surface area contributed by atoms with Gasteiger partial charge in [0.1, 0.15) is 11.5 Å². The predicted octanol–water partition coefficient (Wildman–Crippen LogP) is 2.75. The number of rotatable bonds is 7. The third kappa shape index (κ3) is 4.76. The Kier molecular flexibility index (Phi) is 6.36. The monoisotopic (exact) mass is 279 g/mol. The van der Waals surface area contributed by atoms with Crippen molar-refractivity contribution in [3.8, 4) is 11.5 Å². The van der Waals surface area contributed by atoms with E-state index in [2.05, 4.69) is 13.8 Å². The Morgan fingerprint density at radius 3 is 2.50 bits per heavy atom. The van der Waals surface area contributed by atoms with Crippen LogP contribution in [0, 0.1) is 5.92 Å². The van der Waals surface area contributed by atoms with Gasteiger partial charge in [-0.3, -0.25) is 4.79 Å². The van der Waals surface area contributed by atoms with Crippen LogP contribution in [0.3, 0.4) is 0 Å². The van der Waals surface area contributed by atoms with Crippen molar-refractivity contribution < 1.29 is 14.3 Å². The SMILES string of the molecule is COc1ccc(OC)c(CCC(=O)N(C)CC(C)C)c1. The zero-order valence-electron chi connectivity index (χ0n) is 13.1. The van der Waals surface area contributed by atoms with Crippen molar-refractivity contribution in [3.63, 3.8) is 0 Å². The molecule has 0 radical (unpaired) electrons. The highest BCUT2D eigenvalue weighted by atomic mass is 16.5. The Morgan fingerprint density at radius 1 is 1.25 bits per heavy atom. The van der Waals surface area contributed by atoms with Gasteiger partial charge in [-0.25, -0.2) is 0 Å². The molecule has 0 saturated heterocycles. The maximum Gasteiger partial charge on any atom is 0.222 e. The molecule has 0 aromatic heterocycles. The Hall–Kier alpha value is -1.71. The van der Waals surface area contributed by atoms with Crippen molar-refractivity contribution in [1.82, 2.24) is 4.90 Å². The maximum absolute atomic E-state index is 12.1. The molecule has 0 aliphatic heterocycles. The van der Waals surface area contributed by atoms with Crippen LogP contribution in [0.4, 0.5) is 0 Å². The normalized spacial score (nSPS) is 10.5. The standard InChI is InChI=1S/C16H25NO3/c1-12(2)11-17(3)16(18)9-6-13-10-14(19-4)7-8-15(13)20-5/h7-8,10,12H,6,9,11H2,1-5H3. The minimum atomic E-state index is 0.156. The molecule has 0 spiro atoms. The van der Waals surface area contributed by atoms with Gasteiger partial charge in [0.05, 0.1) is 14.2 Å². The lowest BCUT2D eigenvalue weighted by molar-refractivity contribution is -0.130. The Bertz CT molecular complexity index is 443. The lowest BCUT2D eigenvalue weighted by Crippen LogP contribution is -2.30. The van der Waals surface area contributed by atoms with Crippen molar-refractivity contribution in [2.45, 2.75) is 26.7 Å². The number of aryl methyl sites for hydroxylation is 1. The average molecular weight is 279 g/mol. The first kappa shape index (κ1) is 16.3. The molecule has 4 heteroatoms. The number of carbonyl (C=O) groups is 1. The molecule has 1 amide bonds. The van der Waals surface area contributed by atoms with Crippen molar-refractivity contribution in [2.24, 2.45) is 5.92 Å². The highest BCUT2D eigenvalue weighted by molar-refractivity contribution is 5.76. The number of methoxy groups -OCH3 is 2. The largest absolute Gasteiger partial charge is 0.497 e. The summed E-state index contributed by atoms with van der Waals surface area (Å²) in [6, 6.07) is 5.65. The van der Waals surface area contributed by atoms with Gasteiger partial charge in [-0.1, -0.05) is 13.8 Å². The first-order valence-electron chi connectivity index (χ1n) is 6.92. The molecule has 0 atom stereocenters. The summed E-state index contributed by atoms with van der Waals surface area (Å²) in [5.41, 5.74) is 0.998. The lowest BCUT2D eigenvalue weighted by Gasteiger charge is -2.19. The number of benzene rings is 1. The summed E-state index contributed by atoms with van der Waals surface area (Å²) in [6.45, 7) is 5.00. The molecule has 0 aliphatic rings. The zero-order chi connectivity index (χ0) is 15.1. The molecule has 0 fully saturated rings. The zero-order valence-corrected chi connectivity index (χ0v) is 13.1. The first-order chi connectivity index (χ1) is 9.47. The lowest BCUT2D eigenvalue weighted by atomic mass is 10.1. The summed E-state index contributed by atoms with van der Waals surface area (Å²) in [6.07, 6.45) is 1.13. The van der Waals surface area contributed by atoms with Crippen LogP contribution in [0.25, 0.3) is 0 Å². The van der Waals surface area contributed by atoms with Crippen molar-refractivity contribution in [2.75, 3.05) is 27.8 Å². The summed E-state index contributed by atoms with van der Waals surface area (Å²) in [4.78, 5) is 13.8. The second-order valence-corrected chi connectivity index (χ2v) is 5.35. The van der Waals surface area contributed by atoms with Gasteiger partial charge in [-0.15, -0.1) is 0 Å². The third-order valence-electron chi connectivity index (χ3n) is 3.16. The molecule has 0 bridgehead atoms. The molecule has 112 valence electrons. The smallest absolute Gasteiger partial charge is 0.222 e. The van der Waals surface area contributed by atoms with Gasteiger partial charge < -0.3 is 14.4 Å². The minimum absolute atomic E-state index is 0.156. The molecule has 0 heterocycles. The van der Waals surface area contributed by atoms with Gasteiger partial charge in [0, 0.05) is 20.0 Å². The highest BCUT2D eigenvalue weighted by Crippen LogP contribution is 2.25. The van der Waals surface area contributed by atoms with Gasteiger partial charge in [0.2, 0.25) is 5.91 Å².